The summed E-state index contributed by atoms with van der Waals surface area (Å²) in [5.41, 5.74) is 7.33. The first kappa shape index (κ1) is 14.0. The van der Waals surface area contributed by atoms with Gasteiger partial charge < -0.3 is 15.8 Å². The Balaban J connectivity index is 2.53. The van der Waals surface area contributed by atoms with Crippen LogP contribution < -0.4 is 11.1 Å². The topological polar surface area (TPSA) is 81.4 Å². The van der Waals surface area contributed by atoms with E-state index in [1.807, 2.05) is 6.92 Å². The van der Waals surface area contributed by atoms with Crippen molar-refractivity contribution >= 4 is 17.6 Å². The zero-order valence-electron chi connectivity index (χ0n) is 10.7. The van der Waals surface area contributed by atoms with Gasteiger partial charge in [-0.3, -0.25) is 4.79 Å². The summed E-state index contributed by atoms with van der Waals surface area (Å²) < 4.78 is 4.92. The van der Waals surface area contributed by atoms with Crippen LogP contribution >= 0.6 is 0 Å². The summed E-state index contributed by atoms with van der Waals surface area (Å²) in [6, 6.07) is 4.91. The zero-order chi connectivity index (χ0) is 13.5. The molecule has 0 radical (unpaired) electrons. The molecule has 5 heteroatoms. The van der Waals surface area contributed by atoms with Crippen molar-refractivity contribution in [3.8, 4) is 0 Å². The lowest BCUT2D eigenvalue weighted by Crippen LogP contribution is -2.29. The molecule has 1 aromatic carbocycles. The van der Waals surface area contributed by atoms with Crippen molar-refractivity contribution in [2.75, 3.05) is 18.9 Å². The minimum absolute atomic E-state index is 0.261. The average Bonchev–Trinajstić information content (AvgIpc) is 2.33. The number of benzene rings is 1. The van der Waals surface area contributed by atoms with Gasteiger partial charge in [0.05, 0.1) is 5.56 Å². The first-order valence-electron chi connectivity index (χ1n) is 5.84. The van der Waals surface area contributed by atoms with E-state index in [0.29, 0.717) is 17.8 Å². The smallest absolute Gasteiger partial charge is 0.338 e. The highest BCUT2D eigenvalue weighted by Gasteiger charge is 2.12. The molecule has 1 rings (SSSR count). The predicted molar refractivity (Wildman–Crippen MR) is 69.2 cm³/mol. The SMILES string of the molecule is CCCNC(=O)COC(=O)c1ccc(N)cc1C. The fraction of sp³-hybridized carbons (Fsp3) is 0.385. The number of nitrogen functional groups attached to an aromatic ring is 1. The summed E-state index contributed by atoms with van der Waals surface area (Å²) in [5, 5.41) is 2.63. The van der Waals surface area contributed by atoms with Crippen LogP contribution in [0, 0.1) is 6.92 Å². The van der Waals surface area contributed by atoms with Gasteiger partial charge in [0, 0.05) is 12.2 Å². The molecule has 3 N–H and O–H groups in total. The largest absolute Gasteiger partial charge is 0.452 e. The number of esters is 1. The minimum Gasteiger partial charge on any atom is -0.452 e. The number of nitrogens with two attached hydrogens (primary N) is 1. The third-order valence-electron chi connectivity index (χ3n) is 2.38. The predicted octanol–water partition coefficient (Wildman–Crippen LogP) is 1.26. The van der Waals surface area contributed by atoms with Crippen LogP contribution in [0.3, 0.4) is 0 Å². The molecule has 0 saturated heterocycles. The van der Waals surface area contributed by atoms with Crippen molar-refractivity contribution in [1.82, 2.24) is 5.32 Å². The minimum atomic E-state index is -0.515. The fourth-order valence-electron chi connectivity index (χ4n) is 1.44. The molecule has 1 amide bonds. The number of carbonyl (C=O) groups is 2. The van der Waals surface area contributed by atoms with E-state index in [4.69, 9.17) is 10.5 Å². The van der Waals surface area contributed by atoms with Crippen LogP contribution in [0.5, 0.6) is 0 Å². The summed E-state index contributed by atoms with van der Waals surface area (Å²) in [6.45, 7) is 4.04. The Hall–Kier alpha value is -2.04. The van der Waals surface area contributed by atoms with Crippen LogP contribution in [0.4, 0.5) is 5.69 Å². The maximum Gasteiger partial charge on any atom is 0.338 e. The highest BCUT2D eigenvalue weighted by atomic mass is 16.5. The molecule has 18 heavy (non-hydrogen) atoms. The average molecular weight is 250 g/mol. The number of anilines is 1. The molecule has 0 atom stereocenters. The van der Waals surface area contributed by atoms with Crippen molar-refractivity contribution in [3.63, 3.8) is 0 Å². The number of amides is 1. The Morgan fingerprint density at radius 3 is 2.72 bits per heavy atom. The van der Waals surface area contributed by atoms with Crippen LogP contribution in [0.1, 0.15) is 29.3 Å². The van der Waals surface area contributed by atoms with E-state index in [0.717, 1.165) is 12.0 Å². The Morgan fingerprint density at radius 1 is 1.39 bits per heavy atom. The monoisotopic (exact) mass is 250 g/mol. The van der Waals surface area contributed by atoms with Crippen LogP contribution in [0.15, 0.2) is 18.2 Å². The lowest BCUT2D eigenvalue weighted by Gasteiger charge is -2.08. The molecule has 0 saturated carbocycles. The number of hydrogen-bond acceptors (Lipinski definition) is 4. The standard InChI is InChI=1S/C13H18N2O3/c1-3-6-15-12(16)8-18-13(17)11-5-4-10(14)7-9(11)2/h4-5,7H,3,6,8,14H2,1-2H3,(H,15,16). The van der Waals surface area contributed by atoms with Crippen molar-refractivity contribution in [2.24, 2.45) is 0 Å². The van der Waals surface area contributed by atoms with E-state index < -0.39 is 5.97 Å². The summed E-state index contributed by atoms with van der Waals surface area (Å²) in [4.78, 5) is 23.0. The molecule has 0 aliphatic heterocycles. The van der Waals surface area contributed by atoms with Crippen LogP contribution in [0.25, 0.3) is 0 Å². The van der Waals surface area contributed by atoms with Crippen molar-refractivity contribution in [3.05, 3.63) is 29.3 Å². The lowest BCUT2D eigenvalue weighted by molar-refractivity contribution is -0.124. The van der Waals surface area contributed by atoms with Crippen LogP contribution in [-0.2, 0) is 9.53 Å². The number of aryl methyl sites for hydroxylation is 1. The molecule has 0 heterocycles. The molecule has 0 aliphatic rings. The molecule has 0 spiro atoms. The molecule has 0 unspecified atom stereocenters. The number of ether oxygens (including phenoxy) is 1. The van der Waals surface area contributed by atoms with Crippen LogP contribution in [0.2, 0.25) is 0 Å². The van der Waals surface area contributed by atoms with E-state index in [-0.39, 0.29) is 12.5 Å². The second kappa shape index (κ2) is 6.64. The number of carbonyl (C=O) groups excluding carboxylic acids is 2. The summed E-state index contributed by atoms with van der Waals surface area (Å²) in [5.74, 6) is -0.808. The zero-order valence-corrected chi connectivity index (χ0v) is 10.7. The quantitative estimate of drug-likeness (QED) is 0.609. The lowest BCUT2D eigenvalue weighted by atomic mass is 10.1. The van der Waals surface area contributed by atoms with Gasteiger partial charge in [-0.15, -0.1) is 0 Å². The third kappa shape index (κ3) is 4.08. The maximum absolute atomic E-state index is 11.7. The molecular formula is C13H18N2O3. The number of hydrogen-bond donors (Lipinski definition) is 2. The van der Waals surface area contributed by atoms with E-state index in [9.17, 15) is 9.59 Å². The molecule has 0 aliphatic carbocycles. The second-order valence-electron chi connectivity index (χ2n) is 4.00. The van der Waals surface area contributed by atoms with Gasteiger partial charge >= 0.3 is 5.97 Å². The Kier molecular flexibility index (Phi) is 5.17. The number of nitrogens with one attached hydrogen (secondary N) is 1. The van der Waals surface area contributed by atoms with E-state index in [1.54, 1.807) is 25.1 Å². The van der Waals surface area contributed by atoms with Gasteiger partial charge in [-0.05, 0) is 37.1 Å². The molecular weight excluding hydrogens is 232 g/mol. The van der Waals surface area contributed by atoms with E-state index >= 15 is 0 Å². The van der Waals surface area contributed by atoms with Gasteiger partial charge in [0.25, 0.3) is 5.91 Å². The maximum atomic E-state index is 11.7. The number of rotatable bonds is 5. The van der Waals surface area contributed by atoms with E-state index in [1.165, 1.54) is 0 Å². The third-order valence-corrected chi connectivity index (χ3v) is 2.38. The molecule has 0 fully saturated rings. The summed E-state index contributed by atoms with van der Waals surface area (Å²) in [7, 11) is 0. The van der Waals surface area contributed by atoms with Gasteiger partial charge in [-0.2, -0.15) is 0 Å². The first-order valence-corrected chi connectivity index (χ1v) is 5.84. The molecule has 0 aromatic heterocycles. The second-order valence-corrected chi connectivity index (χ2v) is 4.00. The highest BCUT2D eigenvalue weighted by Crippen LogP contribution is 2.13. The fourth-order valence-corrected chi connectivity index (χ4v) is 1.44. The van der Waals surface area contributed by atoms with Gasteiger partial charge in [0.2, 0.25) is 0 Å². The van der Waals surface area contributed by atoms with Crippen molar-refractivity contribution < 1.29 is 14.3 Å². The van der Waals surface area contributed by atoms with Crippen molar-refractivity contribution in [2.45, 2.75) is 20.3 Å². The van der Waals surface area contributed by atoms with Gasteiger partial charge in [-0.25, -0.2) is 4.79 Å². The Labute approximate surface area is 106 Å². The molecule has 1 aromatic rings. The Morgan fingerprint density at radius 2 is 2.11 bits per heavy atom. The van der Waals surface area contributed by atoms with Gasteiger partial charge in [0.15, 0.2) is 6.61 Å². The normalized spacial score (nSPS) is 9.89. The van der Waals surface area contributed by atoms with Crippen LogP contribution in [-0.4, -0.2) is 25.0 Å². The molecule has 0 bridgehead atoms. The molecule has 98 valence electrons. The summed E-state index contributed by atoms with van der Waals surface area (Å²) in [6.07, 6.45) is 0.844. The van der Waals surface area contributed by atoms with Crippen molar-refractivity contribution in [1.29, 1.82) is 0 Å². The van der Waals surface area contributed by atoms with Gasteiger partial charge in [-0.1, -0.05) is 6.92 Å². The van der Waals surface area contributed by atoms with Gasteiger partial charge in [0.1, 0.15) is 0 Å². The first-order chi connectivity index (χ1) is 8.54. The Bertz CT molecular complexity index is 444. The van der Waals surface area contributed by atoms with E-state index in [2.05, 4.69) is 5.32 Å². The highest BCUT2D eigenvalue weighted by molar-refractivity contribution is 5.93. The summed E-state index contributed by atoms with van der Waals surface area (Å²) >= 11 is 0. The molecule has 5 nitrogen and oxygen atoms in total.